The molecule has 2 rings (SSSR count). The predicted molar refractivity (Wildman–Crippen MR) is 34.6 cm³/mol. The van der Waals surface area contributed by atoms with Gasteiger partial charge in [-0.1, -0.05) is 20.3 Å². The minimum absolute atomic E-state index is 0.856. The maximum Gasteiger partial charge on any atom is -0.0263 e. The van der Waals surface area contributed by atoms with Gasteiger partial charge in [-0.15, -0.1) is 0 Å². The number of hydrogen-bond donors (Lipinski definition) is 0. The molecular formula is C8H14. The average Bonchev–Trinajstić information content (AvgIpc) is 2.50. The Balaban J connectivity index is 1.89. The van der Waals surface area contributed by atoms with E-state index in [0.717, 1.165) is 5.41 Å². The summed E-state index contributed by atoms with van der Waals surface area (Å²) in [6.45, 7) is 4.75. The first-order valence-electron chi connectivity index (χ1n) is 3.79. The van der Waals surface area contributed by atoms with Crippen molar-refractivity contribution in [3.63, 3.8) is 0 Å². The maximum atomic E-state index is 2.45. The summed E-state index contributed by atoms with van der Waals surface area (Å²) in [7, 11) is 0. The first-order chi connectivity index (χ1) is 3.79. The highest BCUT2D eigenvalue weighted by molar-refractivity contribution is 5.20. The highest BCUT2D eigenvalue weighted by Gasteiger charge is 2.72. The number of fused-ring (bicyclic) bond motifs is 1. The first-order valence-corrected chi connectivity index (χ1v) is 3.79. The van der Waals surface area contributed by atoms with Crippen molar-refractivity contribution in [1.29, 1.82) is 0 Å². The molecular weight excluding hydrogens is 96.1 g/mol. The molecule has 2 saturated carbocycles. The van der Waals surface area contributed by atoms with Gasteiger partial charge in [0.25, 0.3) is 0 Å². The van der Waals surface area contributed by atoms with E-state index in [-0.39, 0.29) is 0 Å². The minimum atomic E-state index is 0.856. The largest absolute Gasteiger partial charge is 0.0654 e. The topological polar surface area (TPSA) is 0 Å². The fourth-order valence-electron chi connectivity index (χ4n) is 2.25. The highest BCUT2D eigenvalue weighted by atomic mass is 14.8. The van der Waals surface area contributed by atoms with Crippen molar-refractivity contribution in [2.45, 2.75) is 33.1 Å². The zero-order valence-corrected chi connectivity index (χ0v) is 5.78. The molecule has 0 nitrogen and oxygen atoms in total. The normalized spacial score (nSPS) is 57.8. The number of hydrogen-bond acceptors (Lipinski definition) is 0. The van der Waals surface area contributed by atoms with Crippen LogP contribution in [0.3, 0.4) is 0 Å². The molecule has 0 aromatic carbocycles. The molecule has 0 radical (unpaired) electrons. The Morgan fingerprint density at radius 1 is 1.50 bits per heavy atom. The Labute approximate surface area is 51.3 Å². The molecule has 2 unspecified atom stereocenters. The van der Waals surface area contributed by atoms with Crippen LogP contribution in [0.1, 0.15) is 33.1 Å². The minimum Gasteiger partial charge on any atom is -0.0654 e. The van der Waals surface area contributed by atoms with Crippen molar-refractivity contribution in [2.75, 3.05) is 0 Å². The van der Waals surface area contributed by atoms with Crippen LogP contribution in [0.25, 0.3) is 0 Å². The van der Waals surface area contributed by atoms with Crippen LogP contribution in [0.5, 0.6) is 0 Å². The summed E-state index contributed by atoms with van der Waals surface area (Å²) in [6, 6.07) is 0. The Kier molecular flexibility index (Phi) is 0.678. The van der Waals surface area contributed by atoms with E-state index >= 15 is 0 Å². The molecule has 0 aliphatic heterocycles. The smallest absolute Gasteiger partial charge is 0.0263 e. The SMILES string of the molecule is CCCC1(C)C2CC21. The average molecular weight is 110 g/mol. The molecule has 0 heteroatoms. The Morgan fingerprint density at radius 3 is 2.25 bits per heavy atom. The van der Waals surface area contributed by atoms with Gasteiger partial charge < -0.3 is 0 Å². The van der Waals surface area contributed by atoms with Crippen molar-refractivity contribution < 1.29 is 0 Å². The molecule has 2 aliphatic carbocycles. The van der Waals surface area contributed by atoms with E-state index in [2.05, 4.69) is 13.8 Å². The van der Waals surface area contributed by atoms with E-state index in [1.54, 1.807) is 6.42 Å². The number of rotatable bonds is 2. The second kappa shape index (κ2) is 1.12. The Morgan fingerprint density at radius 2 is 2.12 bits per heavy atom. The van der Waals surface area contributed by atoms with Crippen molar-refractivity contribution in [2.24, 2.45) is 17.3 Å². The van der Waals surface area contributed by atoms with Gasteiger partial charge in [-0.3, -0.25) is 0 Å². The zero-order valence-electron chi connectivity index (χ0n) is 5.78. The summed E-state index contributed by atoms with van der Waals surface area (Å²) in [4.78, 5) is 0. The van der Waals surface area contributed by atoms with Crippen LogP contribution in [0.4, 0.5) is 0 Å². The summed E-state index contributed by atoms with van der Waals surface area (Å²) in [5.74, 6) is 2.37. The van der Waals surface area contributed by atoms with E-state index in [1.807, 2.05) is 0 Å². The second-order valence-electron chi connectivity index (χ2n) is 3.70. The van der Waals surface area contributed by atoms with Gasteiger partial charge in [0.05, 0.1) is 0 Å². The van der Waals surface area contributed by atoms with Gasteiger partial charge in [0, 0.05) is 0 Å². The summed E-state index contributed by atoms with van der Waals surface area (Å²) in [5.41, 5.74) is 0.856. The third-order valence-electron chi connectivity index (χ3n) is 3.16. The molecule has 0 saturated heterocycles. The lowest BCUT2D eigenvalue weighted by Crippen LogP contribution is -2.03. The van der Waals surface area contributed by atoms with Gasteiger partial charge in [0.2, 0.25) is 0 Å². The van der Waals surface area contributed by atoms with E-state index in [0.29, 0.717) is 0 Å². The van der Waals surface area contributed by atoms with E-state index in [4.69, 9.17) is 0 Å². The summed E-state index contributed by atoms with van der Waals surface area (Å²) in [5, 5.41) is 0. The van der Waals surface area contributed by atoms with Gasteiger partial charge in [-0.25, -0.2) is 0 Å². The maximum absolute atomic E-state index is 2.45. The van der Waals surface area contributed by atoms with Crippen LogP contribution in [-0.2, 0) is 0 Å². The lowest BCUT2D eigenvalue weighted by Gasteiger charge is -2.13. The Hall–Kier alpha value is 0. The molecule has 0 amide bonds. The molecule has 0 spiro atoms. The standard InChI is InChI=1S/C8H14/c1-3-4-8(2)6-5-7(6)8/h6-7H,3-5H2,1-2H3. The van der Waals surface area contributed by atoms with Gasteiger partial charge in [-0.2, -0.15) is 0 Å². The summed E-state index contributed by atoms with van der Waals surface area (Å²) in [6.07, 6.45) is 4.45. The predicted octanol–water partition coefficient (Wildman–Crippen LogP) is 2.44. The van der Waals surface area contributed by atoms with E-state index in [1.165, 1.54) is 24.7 Å². The summed E-state index contributed by atoms with van der Waals surface area (Å²) < 4.78 is 0. The molecule has 0 N–H and O–H groups in total. The van der Waals surface area contributed by atoms with Crippen LogP contribution in [0.15, 0.2) is 0 Å². The van der Waals surface area contributed by atoms with E-state index in [9.17, 15) is 0 Å². The molecule has 0 aromatic rings. The Bertz CT molecular complexity index is 107. The molecule has 0 aromatic heterocycles. The van der Waals surface area contributed by atoms with Crippen LogP contribution in [-0.4, -0.2) is 0 Å². The fourth-order valence-corrected chi connectivity index (χ4v) is 2.25. The summed E-state index contributed by atoms with van der Waals surface area (Å²) >= 11 is 0. The molecule has 2 fully saturated rings. The van der Waals surface area contributed by atoms with Crippen molar-refractivity contribution in [3.8, 4) is 0 Å². The third kappa shape index (κ3) is 0.375. The van der Waals surface area contributed by atoms with Gasteiger partial charge in [-0.05, 0) is 30.1 Å². The van der Waals surface area contributed by atoms with Gasteiger partial charge in [0.1, 0.15) is 0 Å². The van der Waals surface area contributed by atoms with Gasteiger partial charge >= 0.3 is 0 Å². The van der Waals surface area contributed by atoms with E-state index < -0.39 is 0 Å². The lowest BCUT2D eigenvalue weighted by atomic mass is 9.92. The third-order valence-corrected chi connectivity index (χ3v) is 3.16. The monoisotopic (exact) mass is 110 g/mol. The molecule has 0 heterocycles. The zero-order chi connectivity index (χ0) is 5.78. The lowest BCUT2D eigenvalue weighted by molar-refractivity contribution is 0.371. The second-order valence-corrected chi connectivity index (χ2v) is 3.70. The molecule has 2 atom stereocenters. The quantitative estimate of drug-likeness (QED) is 0.512. The van der Waals surface area contributed by atoms with Crippen molar-refractivity contribution in [1.82, 2.24) is 0 Å². The highest BCUT2D eigenvalue weighted by Crippen LogP contribution is 2.79. The molecule has 46 valence electrons. The molecule has 0 bridgehead atoms. The van der Waals surface area contributed by atoms with Crippen molar-refractivity contribution in [3.05, 3.63) is 0 Å². The first kappa shape index (κ1) is 4.84. The van der Waals surface area contributed by atoms with Crippen LogP contribution < -0.4 is 0 Å². The molecule has 2 aliphatic rings. The van der Waals surface area contributed by atoms with Crippen LogP contribution >= 0.6 is 0 Å². The molecule has 8 heavy (non-hydrogen) atoms. The van der Waals surface area contributed by atoms with Crippen LogP contribution in [0.2, 0.25) is 0 Å². The fraction of sp³-hybridized carbons (Fsp3) is 1.00. The van der Waals surface area contributed by atoms with Gasteiger partial charge in [0.15, 0.2) is 0 Å². The van der Waals surface area contributed by atoms with Crippen LogP contribution in [0, 0.1) is 17.3 Å². The van der Waals surface area contributed by atoms with Crippen molar-refractivity contribution >= 4 is 0 Å².